The molecule has 4 heteroatoms. The molecular formula is C10H15N3O. The van der Waals surface area contributed by atoms with Crippen molar-refractivity contribution in [3.63, 3.8) is 0 Å². The number of hydrogen-bond donors (Lipinski definition) is 2. The summed E-state index contributed by atoms with van der Waals surface area (Å²) in [6, 6.07) is 0. The fraction of sp³-hybridized carbons (Fsp3) is 0.600. The number of rotatable bonds is 2. The molecule has 2 rings (SSSR count). The highest BCUT2D eigenvalue weighted by molar-refractivity contribution is 5.94. The molecule has 4 nitrogen and oxygen atoms in total. The highest BCUT2D eigenvalue weighted by Crippen LogP contribution is 2.14. The molecule has 1 atom stereocenters. The third kappa shape index (κ3) is 1.85. The van der Waals surface area contributed by atoms with Gasteiger partial charge in [-0.05, 0) is 26.3 Å². The van der Waals surface area contributed by atoms with Crippen LogP contribution in [0.1, 0.15) is 29.2 Å². The number of Topliss-reactive ketones (excluding diaryl/α,β-unsaturated/α-hetero) is 1. The number of nitrogens with one attached hydrogen (secondary N) is 2. The van der Waals surface area contributed by atoms with Gasteiger partial charge >= 0.3 is 0 Å². The molecule has 1 unspecified atom stereocenters. The molecule has 14 heavy (non-hydrogen) atoms. The van der Waals surface area contributed by atoms with Gasteiger partial charge in [-0.3, -0.25) is 4.79 Å². The third-order valence-electron chi connectivity index (χ3n) is 2.60. The second-order valence-electron chi connectivity index (χ2n) is 3.82. The van der Waals surface area contributed by atoms with E-state index in [0.29, 0.717) is 5.82 Å². The molecule has 0 radical (unpaired) electrons. The Hall–Kier alpha value is -1.16. The number of H-pyrrole nitrogens is 1. The average molecular weight is 193 g/mol. The maximum atomic E-state index is 11.9. The zero-order chi connectivity index (χ0) is 9.97. The maximum Gasteiger partial charge on any atom is 0.202 e. The largest absolute Gasteiger partial charge is 0.340 e. The summed E-state index contributed by atoms with van der Waals surface area (Å²) in [5.74, 6) is 0.760. The molecule has 2 N–H and O–H groups in total. The van der Waals surface area contributed by atoms with Crippen molar-refractivity contribution >= 4 is 5.78 Å². The normalized spacial score (nSPS) is 22.2. The lowest BCUT2D eigenvalue weighted by atomic mass is 9.95. The standard InChI is InChI=1S/C10H15N3O/c1-7-5-12-10(13-7)9(14)8-3-2-4-11-6-8/h5,8,11H,2-4,6H2,1H3,(H,12,13). The monoisotopic (exact) mass is 193 g/mol. The Bertz CT molecular complexity index is 326. The molecule has 0 aliphatic carbocycles. The van der Waals surface area contributed by atoms with Gasteiger partial charge in [0.15, 0.2) is 5.82 Å². The van der Waals surface area contributed by atoms with E-state index >= 15 is 0 Å². The van der Waals surface area contributed by atoms with E-state index in [9.17, 15) is 4.79 Å². The molecule has 0 bridgehead atoms. The van der Waals surface area contributed by atoms with Gasteiger partial charge in [0.2, 0.25) is 5.78 Å². The molecule has 0 spiro atoms. The molecule has 0 amide bonds. The summed E-state index contributed by atoms with van der Waals surface area (Å²) in [6.45, 7) is 3.72. The van der Waals surface area contributed by atoms with Gasteiger partial charge in [-0.2, -0.15) is 0 Å². The van der Waals surface area contributed by atoms with Crippen LogP contribution in [0.4, 0.5) is 0 Å². The Labute approximate surface area is 83.1 Å². The first kappa shape index (κ1) is 9.40. The lowest BCUT2D eigenvalue weighted by molar-refractivity contribution is 0.0890. The lowest BCUT2D eigenvalue weighted by Crippen LogP contribution is -2.34. The summed E-state index contributed by atoms with van der Waals surface area (Å²) in [4.78, 5) is 18.9. The van der Waals surface area contributed by atoms with Crippen molar-refractivity contribution in [1.82, 2.24) is 15.3 Å². The van der Waals surface area contributed by atoms with Crippen LogP contribution < -0.4 is 5.32 Å². The quantitative estimate of drug-likeness (QED) is 0.686. The van der Waals surface area contributed by atoms with Crippen molar-refractivity contribution in [3.8, 4) is 0 Å². The Morgan fingerprint density at radius 1 is 1.64 bits per heavy atom. The molecule has 76 valence electrons. The Kier molecular flexibility index (Phi) is 2.63. The van der Waals surface area contributed by atoms with Crippen LogP contribution in [0.25, 0.3) is 0 Å². The number of carbonyl (C=O) groups is 1. The van der Waals surface area contributed by atoms with E-state index in [-0.39, 0.29) is 11.7 Å². The molecule has 1 aromatic heterocycles. The highest BCUT2D eigenvalue weighted by atomic mass is 16.1. The van der Waals surface area contributed by atoms with E-state index in [0.717, 1.165) is 31.6 Å². The minimum Gasteiger partial charge on any atom is -0.340 e. The van der Waals surface area contributed by atoms with E-state index in [2.05, 4.69) is 15.3 Å². The summed E-state index contributed by atoms with van der Waals surface area (Å²) in [6.07, 6.45) is 3.76. The predicted octanol–water partition coefficient (Wildman–Crippen LogP) is 0.900. The first-order valence-electron chi connectivity index (χ1n) is 5.04. The molecule has 1 aliphatic heterocycles. The van der Waals surface area contributed by atoms with E-state index in [1.165, 1.54) is 0 Å². The fourth-order valence-electron chi connectivity index (χ4n) is 1.81. The van der Waals surface area contributed by atoms with E-state index in [1.807, 2.05) is 6.92 Å². The summed E-state index contributed by atoms with van der Waals surface area (Å²) in [7, 11) is 0. The first-order chi connectivity index (χ1) is 6.77. The van der Waals surface area contributed by atoms with Gasteiger partial charge < -0.3 is 10.3 Å². The fourth-order valence-corrected chi connectivity index (χ4v) is 1.81. The zero-order valence-corrected chi connectivity index (χ0v) is 8.34. The summed E-state index contributed by atoms with van der Waals surface area (Å²) >= 11 is 0. The molecule has 2 heterocycles. The van der Waals surface area contributed by atoms with E-state index < -0.39 is 0 Å². The lowest BCUT2D eigenvalue weighted by Gasteiger charge is -2.20. The second-order valence-corrected chi connectivity index (χ2v) is 3.82. The van der Waals surface area contributed by atoms with Crippen LogP contribution in [0.15, 0.2) is 6.20 Å². The number of aryl methyl sites for hydroxylation is 1. The van der Waals surface area contributed by atoms with Crippen molar-refractivity contribution in [2.45, 2.75) is 19.8 Å². The van der Waals surface area contributed by atoms with Gasteiger partial charge in [0, 0.05) is 24.4 Å². The van der Waals surface area contributed by atoms with Crippen LogP contribution in [-0.4, -0.2) is 28.8 Å². The molecule has 0 aromatic carbocycles. The van der Waals surface area contributed by atoms with Gasteiger partial charge in [-0.1, -0.05) is 0 Å². The number of imidazole rings is 1. The summed E-state index contributed by atoms with van der Waals surface area (Å²) < 4.78 is 0. The maximum absolute atomic E-state index is 11.9. The van der Waals surface area contributed by atoms with Gasteiger partial charge in [0.25, 0.3) is 0 Å². The number of aromatic amines is 1. The third-order valence-corrected chi connectivity index (χ3v) is 2.60. The predicted molar refractivity (Wildman–Crippen MR) is 53.2 cm³/mol. The van der Waals surface area contributed by atoms with Crippen LogP contribution in [0.3, 0.4) is 0 Å². The van der Waals surface area contributed by atoms with Crippen LogP contribution >= 0.6 is 0 Å². The van der Waals surface area contributed by atoms with Crippen molar-refractivity contribution in [1.29, 1.82) is 0 Å². The van der Waals surface area contributed by atoms with Crippen molar-refractivity contribution in [2.24, 2.45) is 5.92 Å². The first-order valence-corrected chi connectivity index (χ1v) is 5.04. The molecule has 1 aromatic rings. The second kappa shape index (κ2) is 3.92. The number of aromatic nitrogens is 2. The summed E-state index contributed by atoms with van der Waals surface area (Å²) in [5, 5.41) is 3.23. The minimum absolute atomic E-state index is 0.106. The zero-order valence-electron chi connectivity index (χ0n) is 8.34. The summed E-state index contributed by atoms with van der Waals surface area (Å²) in [5.41, 5.74) is 0.942. The SMILES string of the molecule is Cc1cnc(C(=O)C2CCCNC2)[nH]1. The van der Waals surface area contributed by atoms with Gasteiger partial charge in [-0.15, -0.1) is 0 Å². The van der Waals surface area contributed by atoms with Gasteiger partial charge in [0.05, 0.1) is 0 Å². The van der Waals surface area contributed by atoms with Crippen molar-refractivity contribution in [3.05, 3.63) is 17.7 Å². The highest BCUT2D eigenvalue weighted by Gasteiger charge is 2.23. The Morgan fingerprint density at radius 2 is 2.50 bits per heavy atom. The van der Waals surface area contributed by atoms with Gasteiger partial charge in [-0.25, -0.2) is 4.98 Å². The van der Waals surface area contributed by atoms with Crippen molar-refractivity contribution in [2.75, 3.05) is 13.1 Å². The number of ketones is 1. The molecular weight excluding hydrogens is 178 g/mol. The topological polar surface area (TPSA) is 57.8 Å². The smallest absolute Gasteiger partial charge is 0.202 e. The van der Waals surface area contributed by atoms with Crippen LogP contribution in [0.2, 0.25) is 0 Å². The molecule has 1 aliphatic rings. The minimum atomic E-state index is 0.106. The number of piperidine rings is 1. The molecule has 1 fully saturated rings. The number of hydrogen-bond acceptors (Lipinski definition) is 3. The van der Waals surface area contributed by atoms with E-state index in [4.69, 9.17) is 0 Å². The van der Waals surface area contributed by atoms with E-state index in [1.54, 1.807) is 6.20 Å². The molecule has 1 saturated heterocycles. The molecule has 0 saturated carbocycles. The van der Waals surface area contributed by atoms with Crippen molar-refractivity contribution < 1.29 is 4.79 Å². The van der Waals surface area contributed by atoms with Crippen LogP contribution in [0, 0.1) is 12.8 Å². The van der Waals surface area contributed by atoms with Crippen LogP contribution in [0.5, 0.6) is 0 Å². The number of carbonyl (C=O) groups excluding carboxylic acids is 1. The van der Waals surface area contributed by atoms with Gasteiger partial charge in [0.1, 0.15) is 0 Å². The Balaban J connectivity index is 2.07. The Morgan fingerprint density at radius 3 is 3.07 bits per heavy atom. The van der Waals surface area contributed by atoms with Crippen LogP contribution in [-0.2, 0) is 0 Å². The number of nitrogens with zero attached hydrogens (tertiary/aromatic N) is 1. The average Bonchev–Trinajstić information content (AvgIpc) is 2.65.